The molecule has 0 bridgehead atoms. The molecule has 0 saturated carbocycles. The van der Waals surface area contributed by atoms with E-state index in [-0.39, 0.29) is 29.7 Å². The normalized spacial score (nSPS) is 23.5. The van der Waals surface area contributed by atoms with Crippen molar-refractivity contribution in [1.82, 2.24) is 15.5 Å². The van der Waals surface area contributed by atoms with Crippen molar-refractivity contribution in [2.24, 2.45) is 0 Å². The van der Waals surface area contributed by atoms with Crippen molar-refractivity contribution in [2.45, 2.75) is 55.4 Å². The predicted octanol–water partition coefficient (Wildman–Crippen LogP) is 1.77. The van der Waals surface area contributed by atoms with Gasteiger partial charge >= 0.3 is 0 Å². The molecule has 1 unspecified atom stereocenters. The maximum Gasteiger partial charge on any atom is 0.256 e. The van der Waals surface area contributed by atoms with Gasteiger partial charge in [-0.1, -0.05) is 18.2 Å². The van der Waals surface area contributed by atoms with Gasteiger partial charge in [0.1, 0.15) is 17.5 Å². The molecule has 164 valence electrons. The van der Waals surface area contributed by atoms with Gasteiger partial charge in [0.05, 0.1) is 6.61 Å². The maximum absolute atomic E-state index is 13.4. The van der Waals surface area contributed by atoms with Crippen LogP contribution < -0.4 is 10.6 Å². The molecule has 9 heteroatoms. The Morgan fingerprint density at radius 1 is 1.30 bits per heavy atom. The van der Waals surface area contributed by atoms with E-state index in [0.29, 0.717) is 17.7 Å². The monoisotopic (exact) mass is 451 g/mol. The van der Waals surface area contributed by atoms with Crippen LogP contribution in [0.4, 0.5) is 0 Å². The zero-order valence-electron chi connectivity index (χ0n) is 17.7. The zero-order valence-corrected chi connectivity index (χ0v) is 19.3. The highest BCUT2D eigenvalue weighted by molar-refractivity contribution is 8.01. The molecular formula is C21H29N3O4S2. The van der Waals surface area contributed by atoms with Gasteiger partial charge in [-0.2, -0.15) is 11.8 Å². The summed E-state index contributed by atoms with van der Waals surface area (Å²) in [6.45, 7) is 5.44. The fourth-order valence-electron chi connectivity index (χ4n) is 3.95. The Labute approximate surface area is 185 Å². The third-order valence-corrected chi connectivity index (χ3v) is 7.63. The van der Waals surface area contributed by atoms with Crippen molar-refractivity contribution in [2.75, 3.05) is 18.6 Å². The number of hydrogen-bond donors (Lipinski definition) is 3. The third kappa shape index (κ3) is 4.33. The number of nitrogens with one attached hydrogen (secondary N) is 2. The average Bonchev–Trinajstić information content (AvgIpc) is 3.14. The highest BCUT2D eigenvalue weighted by Crippen LogP contribution is 2.56. The number of nitrogens with zero attached hydrogens (tertiary/aromatic N) is 1. The van der Waals surface area contributed by atoms with Crippen LogP contribution in [0, 0.1) is 0 Å². The van der Waals surface area contributed by atoms with Gasteiger partial charge in [-0.05, 0) is 50.8 Å². The number of rotatable bonds is 8. The van der Waals surface area contributed by atoms with Crippen LogP contribution in [0.15, 0.2) is 24.3 Å². The molecule has 0 aromatic heterocycles. The summed E-state index contributed by atoms with van der Waals surface area (Å²) in [6, 6.07) is 5.65. The standard InChI is InChI=1S/C21H29N3O4S2/c1-12(11-25)22-17(26)15(9-10-29-4)23-18(27)16-21(2,3)30-20-14-8-6-5-7-13(14)19(28)24(16)20/h5-8,12,15-16,20,25H,9-11H2,1-4H3,(H,22,26)(H,23,27)/t12-,15-,16+,20?/m0/s1. The number of aliphatic hydroxyl groups excluding tert-OH is 1. The first-order valence-electron chi connectivity index (χ1n) is 10.0. The quantitative estimate of drug-likeness (QED) is 0.557. The molecule has 4 atom stereocenters. The summed E-state index contributed by atoms with van der Waals surface area (Å²) in [5.74, 6) is -0.0947. The van der Waals surface area contributed by atoms with Crippen molar-refractivity contribution in [3.8, 4) is 0 Å². The summed E-state index contributed by atoms with van der Waals surface area (Å²) in [7, 11) is 0. The minimum atomic E-state index is -0.723. The van der Waals surface area contributed by atoms with Crippen LogP contribution in [0.25, 0.3) is 0 Å². The van der Waals surface area contributed by atoms with Crippen LogP contribution >= 0.6 is 23.5 Å². The molecular weight excluding hydrogens is 422 g/mol. The number of aliphatic hydroxyl groups is 1. The van der Waals surface area contributed by atoms with E-state index in [1.54, 1.807) is 41.4 Å². The van der Waals surface area contributed by atoms with Gasteiger partial charge in [0.2, 0.25) is 11.8 Å². The molecule has 2 heterocycles. The van der Waals surface area contributed by atoms with E-state index in [9.17, 15) is 19.5 Å². The first-order chi connectivity index (χ1) is 14.2. The third-order valence-electron chi connectivity index (χ3n) is 5.45. The van der Waals surface area contributed by atoms with Crippen LogP contribution in [0.3, 0.4) is 0 Å². The molecule has 1 saturated heterocycles. The van der Waals surface area contributed by atoms with Crippen molar-refractivity contribution in [3.05, 3.63) is 35.4 Å². The van der Waals surface area contributed by atoms with Crippen molar-refractivity contribution >= 4 is 41.2 Å². The number of carbonyl (C=O) groups excluding carboxylic acids is 3. The van der Waals surface area contributed by atoms with E-state index in [4.69, 9.17) is 0 Å². The lowest BCUT2D eigenvalue weighted by Gasteiger charge is -2.31. The molecule has 7 nitrogen and oxygen atoms in total. The summed E-state index contributed by atoms with van der Waals surface area (Å²) < 4.78 is -0.503. The average molecular weight is 452 g/mol. The molecule has 2 aliphatic heterocycles. The smallest absolute Gasteiger partial charge is 0.256 e. The maximum atomic E-state index is 13.4. The molecule has 30 heavy (non-hydrogen) atoms. The molecule has 3 rings (SSSR count). The van der Waals surface area contributed by atoms with Crippen LogP contribution in [0.1, 0.15) is 48.5 Å². The second kappa shape index (κ2) is 9.20. The Morgan fingerprint density at radius 3 is 2.67 bits per heavy atom. The lowest BCUT2D eigenvalue weighted by molar-refractivity contribution is -0.132. The molecule has 0 aliphatic carbocycles. The van der Waals surface area contributed by atoms with E-state index < -0.39 is 22.9 Å². The zero-order chi connectivity index (χ0) is 22.1. The Balaban J connectivity index is 1.82. The van der Waals surface area contributed by atoms with Crippen LogP contribution in [0.5, 0.6) is 0 Å². The molecule has 3 N–H and O–H groups in total. The van der Waals surface area contributed by atoms with E-state index in [0.717, 1.165) is 5.56 Å². The van der Waals surface area contributed by atoms with E-state index in [1.807, 2.05) is 38.3 Å². The fourth-order valence-corrected chi connectivity index (χ4v) is 6.01. The first kappa shape index (κ1) is 23.0. The minimum Gasteiger partial charge on any atom is -0.394 e. The second-order valence-corrected chi connectivity index (χ2v) is 10.9. The van der Waals surface area contributed by atoms with Gasteiger partial charge in [-0.3, -0.25) is 14.4 Å². The molecule has 1 fully saturated rings. The molecule has 1 aromatic rings. The summed E-state index contributed by atoms with van der Waals surface area (Å²) in [6.07, 6.45) is 2.41. The van der Waals surface area contributed by atoms with Crippen molar-refractivity contribution in [3.63, 3.8) is 0 Å². The van der Waals surface area contributed by atoms with Crippen molar-refractivity contribution in [1.29, 1.82) is 0 Å². The van der Waals surface area contributed by atoms with Crippen LogP contribution in [0.2, 0.25) is 0 Å². The summed E-state index contributed by atoms with van der Waals surface area (Å²) in [4.78, 5) is 40.8. The number of thioether (sulfide) groups is 2. The molecule has 0 spiro atoms. The van der Waals surface area contributed by atoms with Crippen LogP contribution in [-0.2, 0) is 9.59 Å². The number of hydrogen-bond acceptors (Lipinski definition) is 6. The number of fused-ring (bicyclic) bond motifs is 3. The Hall–Kier alpha value is -1.71. The van der Waals surface area contributed by atoms with E-state index in [1.165, 1.54) is 0 Å². The number of benzene rings is 1. The molecule has 1 aromatic carbocycles. The second-order valence-electron chi connectivity index (χ2n) is 8.21. The number of amides is 3. The summed E-state index contributed by atoms with van der Waals surface area (Å²) >= 11 is 3.18. The predicted molar refractivity (Wildman–Crippen MR) is 120 cm³/mol. The van der Waals surface area contributed by atoms with Gasteiger partial charge in [-0.25, -0.2) is 0 Å². The Kier molecular flexibility index (Phi) is 7.04. The van der Waals surface area contributed by atoms with Gasteiger partial charge in [0.25, 0.3) is 5.91 Å². The van der Waals surface area contributed by atoms with Gasteiger partial charge < -0.3 is 20.6 Å². The van der Waals surface area contributed by atoms with E-state index in [2.05, 4.69) is 10.6 Å². The topological polar surface area (TPSA) is 98.7 Å². The summed E-state index contributed by atoms with van der Waals surface area (Å²) in [5.41, 5.74) is 1.57. The molecule has 3 amide bonds. The molecule has 2 aliphatic rings. The first-order valence-corrected chi connectivity index (χ1v) is 12.3. The van der Waals surface area contributed by atoms with Gasteiger partial charge in [0.15, 0.2) is 0 Å². The summed E-state index contributed by atoms with van der Waals surface area (Å²) in [5, 5.41) is 14.6. The van der Waals surface area contributed by atoms with Gasteiger partial charge in [-0.15, -0.1) is 11.8 Å². The van der Waals surface area contributed by atoms with E-state index >= 15 is 0 Å². The molecule has 0 radical (unpaired) electrons. The fraction of sp³-hybridized carbons (Fsp3) is 0.571. The largest absolute Gasteiger partial charge is 0.394 e. The van der Waals surface area contributed by atoms with Gasteiger partial charge in [0, 0.05) is 16.4 Å². The Morgan fingerprint density at radius 2 is 2.00 bits per heavy atom. The van der Waals surface area contributed by atoms with Crippen molar-refractivity contribution < 1.29 is 19.5 Å². The Bertz CT molecular complexity index is 832. The highest BCUT2D eigenvalue weighted by Gasteiger charge is 2.57. The lowest BCUT2D eigenvalue weighted by atomic mass is 10.00. The SMILES string of the molecule is CSCC[C@H](NC(=O)[C@H]1N2C(=O)c3ccccc3C2SC1(C)C)C(=O)N[C@@H](C)CO. The minimum absolute atomic E-state index is 0.146. The number of carbonyl (C=O) groups is 3. The highest BCUT2D eigenvalue weighted by atomic mass is 32.2. The lowest BCUT2D eigenvalue weighted by Crippen LogP contribution is -2.57. The van der Waals surface area contributed by atoms with Crippen LogP contribution in [-0.4, -0.2) is 69.2 Å².